The van der Waals surface area contributed by atoms with Crippen molar-refractivity contribution < 1.29 is 14.3 Å². The van der Waals surface area contributed by atoms with Gasteiger partial charge >= 0.3 is 5.97 Å². The van der Waals surface area contributed by atoms with Crippen LogP contribution < -0.4 is 5.32 Å². The molecule has 27 heavy (non-hydrogen) atoms. The predicted octanol–water partition coefficient (Wildman–Crippen LogP) is 2.21. The zero-order chi connectivity index (χ0) is 19.1. The Balaban J connectivity index is 1.54. The fourth-order valence-electron chi connectivity index (χ4n) is 3.02. The maximum absolute atomic E-state index is 12.5. The van der Waals surface area contributed by atoms with Gasteiger partial charge in [0.15, 0.2) is 6.10 Å². The second kappa shape index (κ2) is 9.07. The number of benzene rings is 1. The molecule has 1 heterocycles. The summed E-state index contributed by atoms with van der Waals surface area (Å²) in [5, 5.41) is 13.8. The first-order valence-corrected chi connectivity index (χ1v) is 9.14. The molecule has 1 aliphatic carbocycles. The molecule has 0 saturated carbocycles. The molecule has 0 unspecified atom stereocenters. The number of carbonyl (C=O) groups is 2. The molecule has 0 saturated heterocycles. The standard InChI is InChI=1S/C19H23N5O3/c1-14(18(25)20-12-11-15-7-3-2-4-8-15)27-19(26)16-9-5-6-10-17(16)24-13-21-22-23-24/h5-7,9-10,13-14H,2-4,8,11-12H2,1H3,(H,20,25)/t14-/m0/s1. The van der Waals surface area contributed by atoms with E-state index in [9.17, 15) is 9.59 Å². The molecule has 1 atom stereocenters. The van der Waals surface area contributed by atoms with Gasteiger partial charge < -0.3 is 10.1 Å². The zero-order valence-corrected chi connectivity index (χ0v) is 15.3. The van der Waals surface area contributed by atoms with Gasteiger partial charge in [-0.25, -0.2) is 4.79 Å². The Kier molecular flexibility index (Phi) is 6.30. The molecule has 0 aliphatic heterocycles. The van der Waals surface area contributed by atoms with E-state index in [1.807, 2.05) is 0 Å². The molecular formula is C19H23N5O3. The van der Waals surface area contributed by atoms with Crippen LogP contribution in [0.25, 0.3) is 5.69 Å². The second-order valence-electron chi connectivity index (χ2n) is 6.47. The number of allylic oxidation sites excluding steroid dienone is 1. The van der Waals surface area contributed by atoms with E-state index in [1.165, 1.54) is 29.4 Å². The zero-order valence-electron chi connectivity index (χ0n) is 15.3. The first-order valence-electron chi connectivity index (χ1n) is 9.14. The third-order valence-electron chi connectivity index (χ3n) is 4.50. The number of hydrogen-bond acceptors (Lipinski definition) is 6. The highest BCUT2D eigenvalue weighted by Crippen LogP contribution is 2.19. The van der Waals surface area contributed by atoms with Gasteiger partial charge in [-0.3, -0.25) is 4.79 Å². The van der Waals surface area contributed by atoms with E-state index in [0.717, 1.165) is 19.3 Å². The molecule has 0 radical (unpaired) electrons. The van der Waals surface area contributed by atoms with Gasteiger partial charge in [0.2, 0.25) is 0 Å². The Labute approximate surface area is 157 Å². The van der Waals surface area contributed by atoms with Crippen molar-refractivity contribution in [3.63, 3.8) is 0 Å². The number of ether oxygens (including phenoxy) is 1. The van der Waals surface area contributed by atoms with Crippen LogP contribution in [0, 0.1) is 0 Å². The van der Waals surface area contributed by atoms with Crippen molar-refractivity contribution in [2.45, 2.75) is 45.1 Å². The van der Waals surface area contributed by atoms with E-state index in [4.69, 9.17) is 4.74 Å². The Hall–Kier alpha value is -3.03. The molecule has 1 aliphatic rings. The number of carbonyl (C=O) groups excluding carboxylic acids is 2. The Bertz CT molecular complexity index is 817. The van der Waals surface area contributed by atoms with Gasteiger partial charge in [-0.15, -0.1) is 5.10 Å². The van der Waals surface area contributed by atoms with Gasteiger partial charge in [-0.05, 0) is 61.6 Å². The van der Waals surface area contributed by atoms with Crippen LogP contribution in [0.5, 0.6) is 0 Å². The predicted molar refractivity (Wildman–Crippen MR) is 98.2 cm³/mol. The van der Waals surface area contributed by atoms with Crippen LogP contribution in [-0.2, 0) is 9.53 Å². The fraction of sp³-hybridized carbons (Fsp3) is 0.421. The summed E-state index contributed by atoms with van der Waals surface area (Å²) < 4.78 is 6.71. The topological polar surface area (TPSA) is 99.0 Å². The number of amides is 1. The minimum Gasteiger partial charge on any atom is -0.449 e. The van der Waals surface area contributed by atoms with E-state index >= 15 is 0 Å². The number of nitrogens with zero attached hydrogens (tertiary/aromatic N) is 4. The van der Waals surface area contributed by atoms with Crippen molar-refractivity contribution in [1.29, 1.82) is 0 Å². The first-order chi connectivity index (χ1) is 13.1. The molecule has 1 amide bonds. The molecule has 0 bridgehead atoms. The molecule has 8 nitrogen and oxygen atoms in total. The van der Waals surface area contributed by atoms with Gasteiger partial charge in [0.1, 0.15) is 6.33 Å². The van der Waals surface area contributed by atoms with Gasteiger partial charge in [-0.2, -0.15) is 4.68 Å². The van der Waals surface area contributed by atoms with Gasteiger partial charge in [0.05, 0.1) is 11.3 Å². The molecule has 0 fully saturated rings. The van der Waals surface area contributed by atoms with Gasteiger partial charge in [0.25, 0.3) is 5.91 Å². The maximum Gasteiger partial charge on any atom is 0.341 e. The minimum absolute atomic E-state index is 0.289. The number of rotatable bonds is 7. The van der Waals surface area contributed by atoms with Crippen molar-refractivity contribution in [2.75, 3.05) is 6.54 Å². The quantitative estimate of drug-likeness (QED) is 0.593. The lowest BCUT2D eigenvalue weighted by molar-refractivity contribution is -0.129. The Morgan fingerprint density at radius 2 is 2.15 bits per heavy atom. The summed E-state index contributed by atoms with van der Waals surface area (Å²) in [7, 11) is 0. The number of para-hydroxylation sites is 1. The summed E-state index contributed by atoms with van der Waals surface area (Å²) in [6.07, 6.45) is 8.29. The number of hydrogen-bond donors (Lipinski definition) is 1. The third kappa shape index (κ3) is 4.99. The molecule has 3 rings (SSSR count). The smallest absolute Gasteiger partial charge is 0.341 e. The number of aromatic nitrogens is 4. The summed E-state index contributed by atoms with van der Waals surface area (Å²) in [5.41, 5.74) is 2.17. The molecule has 1 aromatic carbocycles. The SMILES string of the molecule is C[C@H](OC(=O)c1ccccc1-n1cnnn1)C(=O)NCCC1=CCCCC1. The van der Waals surface area contributed by atoms with E-state index in [-0.39, 0.29) is 11.5 Å². The van der Waals surface area contributed by atoms with Crippen LogP contribution in [0.3, 0.4) is 0 Å². The number of tetrazole rings is 1. The molecule has 2 aromatic rings. The van der Waals surface area contributed by atoms with Crippen LogP contribution in [0.15, 0.2) is 42.2 Å². The van der Waals surface area contributed by atoms with E-state index < -0.39 is 12.1 Å². The molecule has 1 N–H and O–H groups in total. The highest BCUT2D eigenvalue weighted by molar-refractivity contribution is 5.95. The molecule has 8 heteroatoms. The van der Waals surface area contributed by atoms with Crippen LogP contribution in [0.4, 0.5) is 0 Å². The van der Waals surface area contributed by atoms with Crippen molar-refractivity contribution in [3.8, 4) is 5.69 Å². The lowest BCUT2D eigenvalue weighted by Gasteiger charge is -2.16. The number of nitrogens with one attached hydrogen (secondary N) is 1. The largest absolute Gasteiger partial charge is 0.449 e. The molecular weight excluding hydrogens is 346 g/mol. The third-order valence-corrected chi connectivity index (χ3v) is 4.50. The van der Waals surface area contributed by atoms with Gasteiger partial charge in [-0.1, -0.05) is 23.8 Å². The highest BCUT2D eigenvalue weighted by atomic mass is 16.5. The number of esters is 1. The highest BCUT2D eigenvalue weighted by Gasteiger charge is 2.21. The lowest BCUT2D eigenvalue weighted by Crippen LogP contribution is -2.36. The average molecular weight is 369 g/mol. The van der Waals surface area contributed by atoms with Crippen LogP contribution in [0.2, 0.25) is 0 Å². The summed E-state index contributed by atoms with van der Waals surface area (Å²) in [6, 6.07) is 6.80. The van der Waals surface area contributed by atoms with Crippen LogP contribution in [0.1, 0.15) is 49.4 Å². The van der Waals surface area contributed by atoms with E-state index in [2.05, 4.69) is 26.9 Å². The monoisotopic (exact) mass is 369 g/mol. The molecule has 0 spiro atoms. The minimum atomic E-state index is -0.889. The second-order valence-corrected chi connectivity index (χ2v) is 6.47. The van der Waals surface area contributed by atoms with Crippen LogP contribution >= 0.6 is 0 Å². The van der Waals surface area contributed by atoms with Crippen molar-refractivity contribution >= 4 is 11.9 Å². The lowest BCUT2D eigenvalue weighted by atomic mass is 9.97. The summed E-state index contributed by atoms with van der Waals surface area (Å²) >= 11 is 0. The summed E-state index contributed by atoms with van der Waals surface area (Å²) in [5.74, 6) is -0.904. The van der Waals surface area contributed by atoms with Crippen molar-refractivity contribution in [3.05, 3.63) is 47.8 Å². The van der Waals surface area contributed by atoms with E-state index in [1.54, 1.807) is 31.2 Å². The average Bonchev–Trinajstić information content (AvgIpc) is 3.23. The summed E-state index contributed by atoms with van der Waals surface area (Å²) in [6.45, 7) is 2.11. The van der Waals surface area contributed by atoms with Crippen molar-refractivity contribution in [1.82, 2.24) is 25.5 Å². The van der Waals surface area contributed by atoms with Crippen molar-refractivity contribution in [2.24, 2.45) is 0 Å². The normalized spacial score (nSPS) is 14.9. The summed E-state index contributed by atoms with van der Waals surface area (Å²) in [4.78, 5) is 24.7. The first kappa shape index (κ1) is 18.8. The molecule has 1 aromatic heterocycles. The fourth-order valence-corrected chi connectivity index (χ4v) is 3.02. The van der Waals surface area contributed by atoms with Crippen LogP contribution in [-0.4, -0.2) is 44.7 Å². The van der Waals surface area contributed by atoms with Gasteiger partial charge in [0, 0.05) is 6.54 Å². The molecule has 142 valence electrons. The Morgan fingerprint density at radius 1 is 1.30 bits per heavy atom. The van der Waals surface area contributed by atoms with E-state index in [0.29, 0.717) is 12.2 Å². The maximum atomic E-state index is 12.5. The Morgan fingerprint density at radius 3 is 2.89 bits per heavy atom.